The summed E-state index contributed by atoms with van der Waals surface area (Å²) in [5.41, 5.74) is 1.72. The zero-order chi connectivity index (χ0) is 27.8. The number of methoxy groups -OCH3 is 1. The van der Waals surface area contributed by atoms with Gasteiger partial charge in [-0.2, -0.15) is 0 Å². The minimum Gasteiger partial charge on any atom is -0.497 e. The number of Topliss-reactive ketones (excluding diaryl/α,β-unsaturated/α-hetero) is 1. The van der Waals surface area contributed by atoms with Crippen LogP contribution in [0.15, 0.2) is 73.3 Å². The number of ketones is 1. The van der Waals surface area contributed by atoms with Crippen molar-refractivity contribution in [2.75, 3.05) is 20.3 Å². The van der Waals surface area contributed by atoms with Gasteiger partial charge >= 0.3 is 0 Å². The van der Waals surface area contributed by atoms with Crippen molar-refractivity contribution in [1.82, 2.24) is 4.57 Å². The number of aromatic nitrogens is 2. The van der Waals surface area contributed by atoms with Crippen molar-refractivity contribution >= 4 is 16.6 Å². The Morgan fingerprint density at radius 2 is 1.56 bits per heavy atom. The van der Waals surface area contributed by atoms with E-state index in [4.69, 9.17) is 14.2 Å². The van der Waals surface area contributed by atoms with Gasteiger partial charge in [-0.3, -0.25) is 4.79 Å². The third kappa shape index (κ3) is 7.62. The number of benzene rings is 3. The van der Waals surface area contributed by atoms with Crippen LogP contribution in [0.2, 0.25) is 0 Å². The van der Waals surface area contributed by atoms with E-state index in [1.54, 1.807) is 7.11 Å². The van der Waals surface area contributed by atoms with Crippen molar-refractivity contribution in [2.24, 2.45) is 11.8 Å². The Bertz CT molecular complexity index is 1370. The Morgan fingerprint density at radius 1 is 0.897 bits per heavy atom. The minimum atomic E-state index is -0.0128. The molecule has 1 aromatic heterocycles. The first kappa shape index (κ1) is 28.2. The topological polar surface area (TPSA) is 53.6 Å². The van der Waals surface area contributed by atoms with E-state index >= 15 is 0 Å². The smallest absolute Gasteiger partial charge is 0.244 e. The molecule has 0 radical (unpaired) electrons. The van der Waals surface area contributed by atoms with Crippen LogP contribution in [-0.4, -0.2) is 30.7 Å². The molecule has 0 amide bonds. The summed E-state index contributed by atoms with van der Waals surface area (Å²) >= 11 is 0. The Kier molecular flexibility index (Phi) is 9.64. The van der Waals surface area contributed by atoms with E-state index in [9.17, 15) is 4.79 Å². The number of rotatable bonds is 14. The lowest BCUT2D eigenvalue weighted by molar-refractivity contribution is -0.687. The zero-order valence-corrected chi connectivity index (χ0v) is 23.9. The van der Waals surface area contributed by atoms with Crippen molar-refractivity contribution in [3.05, 3.63) is 84.4 Å². The van der Waals surface area contributed by atoms with Gasteiger partial charge in [0.2, 0.25) is 12.1 Å². The number of hydrogen-bond acceptors (Lipinski definition) is 4. The number of imidazole rings is 1. The molecule has 3 aromatic carbocycles. The van der Waals surface area contributed by atoms with Gasteiger partial charge in [-0.15, -0.1) is 0 Å². The van der Waals surface area contributed by atoms with Crippen LogP contribution in [0.25, 0.3) is 10.8 Å². The average molecular weight is 530 g/mol. The first-order valence-corrected chi connectivity index (χ1v) is 13.9. The predicted molar refractivity (Wildman–Crippen MR) is 155 cm³/mol. The Labute approximate surface area is 232 Å². The molecule has 4 aromatic rings. The van der Waals surface area contributed by atoms with Gasteiger partial charge < -0.3 is 14.2 Å². The Morgan fingerprint density at radius 3 is 2.23 bits per heavy atom. The quantitative estimate of drug-likeness (QED) is 0.134. The zero-order valence-electron chi connectivity index (χ0n) is 23.9. The summed E-state index contributed by atoms with van der Waals surface area (Å²) in [5, 5.41) is 1.88. The molecular weight excluding hydrogens is 488 g/mol. The number of nitrogens with zero attached hydrogens (tertiary/aromatic N) is 2. The van der Waals surface area contributed by atoms with Gasteiger partial charge in [0, 0.05) is 10.8 Å². The SMILES string of the molecule is COc1ccc(C[n+]2ccn(CC(=O)c3cc(OCCC(C)C)c4ccccc4c3OCCC(C)C)c2)cc1. The molecule has 0 aliphatic carbocycles. The molecule has 206 valence electrons. The van der Waals surface area contributed by atoms with E-state index in [-0.39, 0.29) is 12.3 Å². The van der Waals surface area contributed by atoms with Crippen LogP contribution in [-0.2, 0) is 13.1 Å². The standard InChI is InChI=1S/C33H41N2O4/c1-24(2)14-18-38-32-20-30(33(39-19-15-25(3)4)29-9-7-6-8-28(29)32)31(36)22-35-17-16-34(23-35)21-26-10-12-27(37-5)13-11-26/h6-13,16-17,20,23-25H,14-15,18-19,21-22H2,1-5H3/q+1. The van der Waals surface area contributed by atoms with Crippen LogP contribution in [0.1, 0.15) is 56.5 Å². The van der Waals surface area contributed by atoms with Crippen LogP contribution < -0.4 is 18.8 Å². The normalized spacial score (nSPS) is 11.4. The molecule has 39 heavy (non-hydrogen) atoms. The average Bonchev–Trinajstić information content (AvgIpc) is 3.35. The number of fused-ring (bicyclic) bond motifs is 1. The summed E-state index contributed by atoms with van der Waals surface area (Å²) in [6.45, 7) is 10.8. The molecule has 0 aliphatic heterocycles. The van der Waals surface area contributed by atoms with E-state index in [0.29, 0.717) is 42.9 Å². The highest BCUT2D eigenvalue weighted by molar-refractivity contribution is 6.07. The van der Waals surface area contributed by atoms with Crippen molar-refractivity contribution in [2.45, 2.75) is 53.6 Å². The Balaban J connectivity index is 1.60. The summed E-state index contributed by atoms with van der Waals surface area (Å²) in [6.07, 6.45) is 7.74. The number of ether oxygens (including phenoxy) is 3. The van der Waals surface area contributed by atoms with Gasteiger partial charge in [0.1, 0.15) is 36.2 Å². The molecule has 0 unspecified atom stereocenters. The molecule has 0 bridgehead atoms. The van der Waals surface area contributed by atoms with Gasteiger partial charge in [-0.25, -0.2) is 9.13 Å². The van der Waals surface area contributed by atoms with E-state index < -0.39 is 0 Å². The van der Waals surface area contributed by atoms with Gasteiger partial charge in [0.25, 0.3) is 0 Å². The van der Waals surface area contributed by atoms with Gasteiger partial charge in [0.05, 0.1) is 25.9 Å². The highest BCUT2D eigenvalue weighted by Gasteiger charge is 2.22. The van der Waals surface area contributed by atoms with Gasteiger partial charge in [0.15, 0.2) is 6.54 Å². The van der Waals surface area contributed by atoms with Crippen LogP contribution in [0.3, 0.4) is 0 Å². The number of carbonyl (C=O) groups is 1. The molecule has 0 N–H and O–H groups in total. The molecule has 1 heterocycles. The predicted octanol–water partition coefficient (Wildman–Crippen LogP) is 6.72. The second kappa shape index (κ2) is 13.3. The van der Waals surface area contributed by atoms with Crippen LogP contribution in [0, 0.1) is 11.8 Å². The molecule has 0 saturated carbocycles. The third-order valence-corrected chi connectivity index (χ3v) is 6.75. The largest absolute Gasteiger partial charge is 0.497 e. The number of hydrogen-bond donors (Lipinski definition) is 0. The first-order chi connectivity index (χ1) is 18.8. The van der Waals surface area contributed by atoms with Crippen molar-refractivity contribution in [3.8, 4) is 17.2 Å². The molecule has 6 heteroatoms. The molecule has 6 nitrogen and oxygen atoms in total. The van der Waals surface area contributed by atoms with E-state index in [0.717, 1.165) is 40.7 Å². The fraction of sp³-hybridized carbons (Fsp3) is 0.394. The molecule has 0 saturated heterocycles. The molecule has 0 aliphatic rings. The van der Waals surface area contributed by atoms with Gasteiger partial charge in [-0.05, 0) is 48.4 Å². The van der Waals surface area contributed by atoms with E-state index in [1.807, 2.05) is 77.9 Å². The molecular formula is C33H41N2O4+. The van der Waals surface area contributed by atoms with Crippen LogP contribution in [0.4, 0.5) is 0 Å². The molecule has 0 spiro atoms. The maximum atomic E-state index is 13.8. The lowest BCUT2D eigenvalue weighted by Gasteiger charge is -2.18. The molecule has 4 rings (SSSR count). The van der Waals surface area contributed by atoms with Crippen molar-refractivity contribution in [3.63, 3.8) is 0 Å². The summed E-state index contributed by atoms with van der Waals surface area (Å²) in [7, 11) is 1.66. The summed E-state index contributed by atoms with van der Waals surface area (Å²) in [4.78, 5) is 13.8. The fourth-order valence-electron chi connectivity index (χ4n) is 4.42. The third-order valence-electron chi connectivity index (χ3n) is 6.75. The monoisotopic (exact) mass is 529 g/mol. The summed E-state index contributed by atoms with van der Waals surface area (Å²) in [5.74, 6) is 3.24. The second-order valence-corrected chi connectivity index (χ2v) is 10.9. The lowest BCUT2D eigenvalue weighted by Crippen LogP contribution is -2.31. The first-order valence-electron chi connectivity index (χ1n) is 13.9. The van der Waals surface area contributed by atoms with E-state index in [2.05, 4.69) is 32.3 Å². The minimum absolute atomic E-state index is 0.0128. The summed E-state index contributed by atoms with van der Waals surface area (Å²) in [6, 6.07) is 17.9. The van der Waals surface area contributed by atoms with E-state index in [1.165, 1.54) is 0 Å². The Hall–Kier alpha value is -3.80. The number of carbonyl (C=O) groups excluding carboxylic acids is 1. The fourth-order valence-corrected chi connectivity index (χ4v) is 4.42. The summed E-state index contributed by atoms with van der Waals surface area (Å²) < 4.78 is 21.8. The van der Waals surface area contributed by atoms with Crippen LogP contribution in [0.5, 0.6) is 17.2 Å². The van der Waals surface area contributed by atoms with Gasteiger partial charge in [-0.1, -0.05) is 64.1 Å². The maximum absolute atomic E-state index is 13.8. The molecule has 0 fully saturated rings. The second-order valence-electron chi connectivity index (χ2n) is 10.9. The maximum Gasteiger partial charge on any atom is 0.244 e. The lowest BCUT2D eigenvalue weighted by atomic mass is 10.0. The van der Waals surface area contributed by atoms with Crippen molar-refractivity contribution < 1.29 is 23.6 Å². The highest BCUT2D eigenvalue weighted by Crippen LogP contribution is 2.38. The molecule has 0 atom stereocenters. The highest BCUT2D eigenvalue weighted by atomic mass is 16.5. The van der Waals surface area contributed by atoms with Crippen LogP contribution >= 0.6 is 0 Å². The van der Waals surface area contributed by atoms with Crippen molar-refractivity contribution in [1.29, 1.82) is 0 Å².